The van der Waals surface area contributed by atoms with Gasteiger partial charge in [0.2, 0.25) is 0 Å². The van der Waals surface area contributed by atoms with E-state index in [2.05, 4.69) is 6.92 Å². The van der Waals surface area contributed by atoms with E-state index in [1.807, 2.05) is 19.1 Å². The molecule has 0 aromatic heterocycles. The third-order valence-corrected chi connectivity index (χ3v) is 8.00. The van der Waals surface area contributed by atoms with Crippen molar-refractivity contribution in [2.45, 2.75) is 77.7 Å². The highest BCUT2D eigenvalue weighted by atomic mass is 19.3. The third-order valence-electron chi connectivity index (χ3n) is 8.00. The molecule has 7 heteroatoms. The topological polar surface area (TPSA) is 9.23 Å². The summed E-state index contributed by atoms with van der Waals surface area (Å²) in [5.74, 6) is -2.42. The molecule has 0 aliphatic heterocycles. The first-order valence-electron chi connectivity index (χ1n) is 14.3. The van der Waals surface area contributed by atoms with Gasteiger partial charge in [-0.2, -0.15) is 8.78 Å². The second-order valence-electron chi connectivity index (χ2n) is 10.8. The molecule has 220 valence electrons. The van der Waals surface area contributed by atoms with Gasteiger partial charge in [0.15, 0.2) is 0 Å². The maximum absolute atomic E-state index is 15.5. The van der Waals surface area contributed by atoms with Crippen LogP contribution in [0.2, 0.25) is 0 Å². The summed E-state index contributed by atoms with van der Waals surface area (Å²) in [6.07, 6.45) is 2.97. The van der Waals surface area contributed by atoms with Crippen LogP contribution in [-0.4, -0.2) is 6.11 Å². The van der Waals surface area contributed by atoms with Crippen LogP contribution in [0, 0.1) is 23.5 Å². The summed E-state index contributed by atoms with van der Waals surface area (Å²) < 4.78 is 93.5. The quantitative estimate of drug-likeness (QED) is 0.163. The molecule has 0 amide bonds. The van der Waals surface area contributed by atoms with Gasteiger partial charge in [-0.05, 0) is 86.3 Å². The molecular formula is C34H36F6O. The molecule has 0 spiro atoms. The predicted molar refractivity (Wildman–Crippen MR) is 151 cm³/mol. The minimum atomic E-state index is -3.35. The van der Waals surface area contributed by atoms with Gasteiger partial charge in [-0.15, -0.1) is 0 Å². The zero-order valence-corrected chi connectivity index (χ0v) is 23.4. The van der Waals surface area contributed by atoms with E-state index in [-0.39, 0.29) is 28.0 Å². The van der Waals surface area contributed by atoms with Crippen LogP contribution in [0.5, 0.6) is 5.75 Å². The van der Waals surface area contributed by atoms with Crippen molar-refractivity contribution in [3.63, 3.8) is 0 Å². The van der Waals surface area contributed by atoms with Crippen LogP contribution >= 0.6 is 0 Å². The summed E-state index contributed by atoms with van der Waals surface area (Å²) in [4.78, 5) is 0. The van der Waals surface area contributed by atoms with Gasteiger partial charge >= 0.3 is 6.11 Å². The molecule has 0 atom stereocenters. The fourth-order valence-electron chi connectivity index (χ4n) is 5.75. The van der Waals surface area contributed by atoms with Crippen molar-refractivity contribution in [2.75, 3.05) is 0 Å². The first-order chi connectivity index (χ1) is 19.6. The van der Waals surface area contributed by atoms with Crippen molar-refractivity contribution in [3.05, 3.63) is 89.5 Å². The molecule has 0 saturated heterocycles. The molecule has 3 aromatic rings. The Morgan fingerprint density at radius 2 is 1.56 bits per heavy atom. The smallest absolute Gasteiger partial charge is 0.400 e. The van der Waals surface area contributed by atoms with Gasteiger partial charge in [0, 0.05) is 11.1 Å². The molecule has 1 saturated carbocycles. The maximum Gasteiger partial charge on any atom is 0.400 e. The monoisotopic (exact) mass is 574 g/mol. The van der Waals surface area contributed by atoms with E-state index >= 15 is 4.39 Å². The lowest BCUT2D eigenvalue weighted by Gasteiger charge is -2.33. The Labute approximate surface area is 238 Å². The predicted octanol–water partition coefficient (Wildman–Crippen LogP) is 11.3. The molecule has 41 heavy (non-hydrogen) atoms. The molecular weight excluding hydrogens is 538 g/mol. The number of ether oxygens (including phenoxy) is 1. The van der Waals surface area contributed by atoms with Crippen LogP contribution in [0.1, 0.15) is 76.3 Å². The highest BCUT2D eigenvalue weighted by molar-refractivity contribution is 5.75. The molecule has 1 fully saturated rings. The minimum absolute atomic E-state index is 0.0956. The average Bonchev–Trinajstić information content (AvgIpc) is 2.94. The van der Waals surface area contributed by atoms with Crippen LogP contribution < -0.4 is 4.74 Å². The van der Waals surface area contributed by atoms with Crippen molar-refractivity contribution < 1.29 is 31.1 Å². The molecule has 0 radical (unpaired) electrons. The van der Waals surface area contributed by atoms with E-state index in [1.165, 1.54) is 48.5 Å². The Morgan fingerprint density at radius 1 is 0.902 bits per heavy atom. The van der Waals surface area contributed by atoms with Gasteiger partial charge in [-0.25, -0.2) is 17.6 Å². The minimum Gasteiger partial charge on any atom is -0.432 e. The second kappa shape index (κ2) is 13.6. The van der Waals surface area contributed by atoms with Gasteiger partial charge in [0.05, 0.1) is 11.5 Å². The van der Waals surface area contributed by atoms with Crippen LogP contribution in [0.4, 0.5) is 26.3 Å². The zero-order valence-electron chi connectivity index (χ0n) is 23.4. The van der Waals surface area contributed by atoms with E-state index in [1.54, 1.807) is 6.07 Å². The van der Waals surface area contributed by atoms with Crippen LogP contribution in [0.25, 0.3) is 22.3 Å². The lowest BCUT2D eigenvalue weighted by molar-refractivity contribution is -0.223. The third kappa shape index (κ3) is 7.35. The fraction of sp³-hybridized carbons (Fsp3) is 0.412. The van der Waals surface area contributed by atoms with E-state index in [0.717, 1.165) is 32.1 Å². The van der Waals surface area contributed by atoms with E-state index in [0.29, 0.717) is 30.7 Å². The first kappa shape index (κ1) is 30.7. The van der Waals surface area contributed by atoms with Gasteiger partial charge in [0.1, 0.15) is 17.4 Å². The number of alkyl halides is 4. The number of rotatable bonds is 11. The fourth-order valence-corrected chi connectivity index (χ4v) is 5.75. The highest BCUT2D eigenvalue weighted by Gasteiger charge is 2.43. The molecule has 0 heterocycles. The highest BCUT2D eigenvalue weighted by Crippen LogP contribution is 2.42. The number of allylic oxidation sites excluding steroid dienone is 2. The SMILES string of the molecule is C/C=C/CCc1ccc(-c2ccc(-c3ccc(OC(F)(F)C4CCC(CCC)CC4)cc3)c(C(F)F)c2F)c(F)c1. The van der Waals surface area contributed by atoms with E-state index < -0.39 is 35.6 Å². The lowest BCUT2D eigenvalue weighted by atomic mass is 9.79. The number of hydrogen-bond acceptors (Lipinski definition) is 1. The Hall–Kier alpha value is -3.22. The summed E-state index contributed by atoms with van der Waals surface area (Å²) in [6.45, 7) is 3.98. The van der Waals surface area contributed by atoms with Crippen LogP contribution in [0.3, 0.4) is 0 Å². The summed E-state index contributed by atoms with van der Waals surface area (Å²) in [5, 5.41) is 0. The largest absolute Gasteiger partial charge is 0.432 e. The Balaban J connectivity index is 1.54. The first-order valence-corrected chi connectivity index (χ1v) is 14.3. The summed E-state index contributed by atoms with van der Waals surface area (Å²) >= 11 is 0. The van der Waals surface area contributed by atoms with Gasteiger partial charge in [-0.3, -0.25) is 0 Å². The van der Waals surface area contributed by atoms with Crippen molar-refractivity contribution in [2.24, 2.45) is 11.8 Å². The molecule has 4 rings (SSSR count). The molecule has 0 unspecified atom stereocenters. The van der Waals surface area contributed by atoms with Gasteiger partial charge in [0.25, 0.3) is 6.43 Å². The van der Waals surface area contributed by atoms with Crippen molar-refractivity contribution in [1.82, 2.24) is 0 Å². The zero-order chi connectivity index (χ0) is 29.6. The Bertz CT molecular complexity index is 1320. The normalized spacial score (nSPS) is 17.9. The Morgan fingerprint density at radius 3 is 2.17 bits per heavy atom. The number of aryl methyl sites for hydroxylation is 1. The van der Waals surface area contributed by atoms with Crippen molar-refractivity contribution in [3.8, 4) is 28.0 Å². The van der Waals surface area contributed by atoms with Crippen LogP contribution in [0.15, 0.2) is 66.7 Å². The molecule has 1 aliphatic carbocycles. The molecule has 0 N–H and O–H groups in total. The number of halogens is 6. The second-order valence-corrected chi connectivity index (χ2v) is 10.8. The molecule has 1 nitrogen and oxygen atoms in total. The summed E-state index contributed by atoms with van der Waals surface area (Å²) in [6, 6.07) is 12.2. The van der Waals surface area contributed by atoms with E-state index in [9.17, 15) is 22.0 Å². The van der Waals surface area contributed by atoms with Crippen molar-refractivity contribution >= 4 is 0 Å². The van der Waals surface area contributed by atoms with Crippen molar-refractivity contribution in [1.29, 1.82) is 0 Å². The number of benzene rings is 3. The molecule has 1 aliphatic rings. The average molecular weight is 575 g/mol. The maximum atomic E-state index is 15.5. The number of hydrogen-bond donors (Lipinski definition) is 0. The van der Waals surface area contributed by atoms with Crippen LogP contribution in [-0.2, 0) is 6.42 Å². The van der Waals surface area contributed by atoms with Gasteiger partial charge < -0.3 is 4.74 Å². The lowest BCUT2D eigenvalue weighted by Crippen LogP contribution is -2.37. The Kier molecular flexibility index (Phi) is 10.2. The summed E-state index contributed by atoms with van der Waals surface area (Å²) in [5.41, 5.74) is -0.428. The molecule has 0 bridgehead atoms. The van der Waals surface area contributed by atoms with Gasteiger partial charge in [-0.1, -0.05) is 68.3 Å². The van der Waals surface area contributed by atoms with E-state index in [4.69, 9.17) is 4.74 Å². The summed E-state index contributed by atoms with van der Waals surface area (Å²) in [7, 11) is 0. The molecule has 3 aromatic carbocycles. The standard InChI is InChI=1S/C34H36F6O/c1-3-5-6-8-23-11-18-28(30(35)21-23)29-20-19-27(31(32(29)36)33(37)38)24-12-16-26(17-13-24)41-34(39,40)25-14-9-22(7-4-2)10-15-25/h3,5,11-13,16-22,25,33H,4,6-10,14-15H2,1-2H3/b5-3+.